The zero-order valence-corrected chi connectivity index (χ0v) is 15.9. The molecule has 3 heterocycles. The van der Waals surface area contributed by atoms with Crippen LogP contribution in [0.3, 0.4) is 0 Å². The maximum Gasteiger partial charge on any atom is 0.269 e. The number of carbonyl (C=O) groups excluding carboxylic acids is 1. The number of likely N-dealkylation sites (N-methyl/N-ethyl adjacent to an activating group) is 1. The smallest absolute Gasteiger partial charge is 0.269 e. The van der Waals surface area contributed by atoms with Crippen LogP contribution in [0.2, 0.25) is 0 Å². The van der Waals surface area contributed by atoms with Crippen LogP contribution in [-0.4, -0.2) is 50.5 Å². The molecule has 3 rings (SSSR count). The van der Waals surface area contributed by atoms with E-state index in [4.69, 9.17) is 0 Å². The number of amides is 1. The zero-order chi connectivity index (χ0) is 18.8. The Morgan fingerprint density at radius 3 is 2.54 bits per heavy atom. The van der Waals surface area contributed by atoms with Gasteiger partial charge in [0.25, 0.3) is 5.56 Å². The fourth-order valence-corrected chi connectivity index (χ4v) is 3.31. The fourth-order valence-electron chi connectivity index (χ4n) is 3.31. The highest BCUT2D eigenvalue weighted by Crippen LogP contribution is 2.17. The molecule has 0 N–H and O–H groups in total. The number of aromatic nitrogens is 4. The normalized spacial score (nSPS) is 14.1. The molecule has 0 aliphatic carbocycles. The van der Waals surface area contributed by atoms with Gasteiger partial charge >= 0.3 is 0 Å². The molecule has 0 spiro atoms. The molecule has 1 saturated heterocycles. The van der Waals surface area contributed by atoms with E-state index in [0.29, 0.717) is 6.54 Å². The average molecular weight is 358 g/mol. The second-order valence-corrected chi connectivity index (χ2v) is 6.93. The summed E-state index contributed by atoms with van der Waals surface area (Å²) in [6.07, 6.45) is 3.95. The van der Waals surface area contributed by atoms with Gasteiger partial charge in [-0.1, -0.05) is 0 Å². The van der Waals surface area contributed by atoms with Gasteiger partial charge in [0.05, 0.1) is 17.6 Å². The SMILES string of the molecule is Cc1nn(C)c(C)c1CN(C)C(=O)Cn1ncc(N2CCCC2)cc1=O. The van der Waals surface area contributed by atoms with Crippen molar-refractivity contribution >= 4 is 11.6 Å². The predicted octanol–water partition coefficient (Wildman–Crippen LogP) is 0.852. The van der Waals surface area contributed by atoms with Gasteiger partial charge in [-0.3, -0.25) is 14.3 Å². The Hall–Kier alpha value is -2.64. The van der Waals surface area contributed by atoms with Crippen LogP contribution < -0.4 is 10.5 Å². The van der Waals surface area contributed by atoms with E-state index >= 15 is 0 Å². The van der Waals surface area contributed by atoms with Crippen molar-refractivity contribution in [1.82, 2.24) is 24.5 Å². The molecule has 26 heavy (non-hydrogen) atoms. The molecule has 0 atom stereocenters. The summed E-state index contributed by atoms with van der Waals surface area (Å²) in [6.45, 7) is 6.23. The van der Waals surface area contributed by atoms with Crippen molar-refractivity contribution in [2.45, 2.75) is 39.8 Å². The van der Waals surface area contributed by atoms with E-state index in [1.807, 2.05) is 25.6 Å². The van der Waals surface area contributed by atoms with Gasteiger partial charge in [0.2, 0.25) is 5.91 Å². The van der Waals surface area contributed by atoms with Crippen molar-refractivity contribution in [3.63, 3.8) is 0 Å². The Balaban J connectivity index is 1.68. The number of hydrogen-bond acceptors (Lipinski definition) is 5. The van der Waals surface area contributed by atoms with Gasteiger partial charge in [0.1, 0.15) is 6.54 Å². The second-order valence-electron chi connectivity index (χ2n) is 6.93. The van der Waals surface area contributed by atoms with Crippen molar-refractivity contribution < 1.29 is 4.79 Å². The van der Waals surface area contributed by atoms with Crippen LogP contribution in [0.4, 0.5) is 5.69 Å². The van der Waals surface area contributed by atoms with Crippen molar-refractivity contribution in [2.24, 2.45) is 7.05 Å². The quantitative estimate of drug-likeness (QED) is 0.792. The third-order valence-corrected chi connectivity index (χ3v) is 5.09. The van der Waals surface area contributed by atoms with Gasteiger partial charge in [-0.15, -0.1) is 0 Å². The average Bonchev–Trinajstić information content (AvgIpc) is 3.21. The lowest BCUT2D eigenvalue weighted by Gasteiger charge is -2.19. The minimum atomic E-state index is -0.245. The van der Waals surface area contributed by atoms with E-state index in [2.05, 4.69) is 15.1 Å². The van der Waals surface area contributed by atoms with Gasteiger partial charge in [-0.25, -0.2) is 4.68 Å². The van der Waals surface area contributed by atoms with Gasteiger partial charge in [0, 0.05) is 51.1 Å². The Morgan fingerprint density at radius 1 is 1.27 bits per heavy atom. The van der Waals surface area contributed by atoms with Gasteiger partial charge < -0.3 is 9.80 Å². The molecular weight excluding hydrogens is 332 g/mol. The first-order valence-corrected chi connectivity index (χ1v) is 8.92. The second kappa shape index (κ2) is 7.31. The topological polar surface area (TPSA) is 76.3 Å². The molecule has 1 amide bonds. The molecule has 8 nitrogen and oxygen atoms in total. The van der Waals surface area contributed by atoms with E-state index in [-0.39, 0.29) is 18.0 Å². The van der Waals surface area contributed by atoms with Gasteiger partial charge in [-0.2, -0.15) is 10.2 Å². The van der Waals surface area contributed by atoms with Crippen LogP contribution in [0.15, 0.2) is 17.1 Å². The highest BCUT2D eigenvalue weighted by molar-refractivity contribution is 5.75. The van der Waals surface area contributed by atoms with Crippen LogP contribution in [0.25, 0.3) is 0 Å². The third kappa shape index (κ3) is 3.63. The summed E-state index contributed by atoms with van der Waals surface area (Å²) >= 11 is 0. The lowest BCUT2D eigenvalue weighted by molar-refractivity contribution is -0.131. The standard InChI is InChI=1S/C18H26N6O2/c1-13-16(14(2)22(4)20-13)11-21(3)18(26)12-24-17(25)9-15(10-19-24)23-7-5-6-8-23/h9-10H,5-8,11-12H2,1-4H3. The monoisotopic (exact) mass is 358 g/mol. The molecule has 0 aromatic carbocycles. The van der Waals surface area contributed by atoms with Crippen LogP contribution >= 0.6 is 0 Å². The first-order chi connectivity index (χ1) is 12.4. The Labute approximate surface area is 153 Å². The molecule has 2 aromatic rings. The zero-order valence-electron chi connectivity index (χ0n) is 15.9. The molecule has 0 saturated carbocycles. The summed E-state index contributed by atoms with van der Waals surface area (Å²) in [7, 11) is 3.62. The van der Waals surface area contributed by atoms with Gasteiger partial charge in [0.15, 0.2) is 0 Å². The predicted molar refractivity (Wildman–Crippen MR) is 99.1 cm³/mol. The highest BCUT2D eigenvalue weighted by atomic mass is 16.2. The first-order valence-electron chi connectivity index (χ1n) is 8.92. The number of carbonyl (C=O) groups is 1. The summed E-state index contributed by atoms with van der Waals surface area (Å²) in [6, 6.07) is 1.57. The van der Waals surface area contributed by atoms with Crippen LogP contribution in [-0.2, 0) is 24.9 Å². The van der Waals surface area contributed by atoms with Gasteiger partial charge in [-0.05, 0) is 26.7 Å². The number of hydrogen-bond donors (Lipinski definition) is 0. The Morgan fingerprint density at radius 2 is 1.96 bits per heavy atom. The molecular formula is C18H26N6O2. The Bertz CT molecular complexity index is 863. The van der Waals surface area contributed by atoms with E-state index in [1.54, 1.807) is 24.2 Å². The summed E-state index contributed by atoms with van der Waals surface area (Å²) in [5.41, 5.74) is 3.58. The van der Waals surface area contributed by atoms with Crippen molar-refractivity contribution in [3.05, 3.63) is 39.6 Å². The summed E-state index contributed by atoms with van der Waals surface area (Å²) in [4.78, 5) is 28.6. The molecule has 8 heteroatoms. The minimum absolute atomic E-state index is 0.0615. The molecule has 0 bridgehead atoms. The summed E-state index contributed by atoms with van der Waals surface area (Å²) < 4.78 is 3.04. The molecule has 1 fully saturated rings. The molecule has 1 aliphatic heterocycles. The van der Waals surface area contributed by atoms with Crippen molar-refractivity contribution in [1.29, 1.82) is 0 Å². The summed E-state index contributed by atoms with van der Waals surface area (Å²) in [5.74, 6) is -0.156. The first kappa shape index (κ1) is 18.2. The lowest BCUT2D eigenvalue weighted by Crippen LogP contribution is -2.35. The molecule has 140 valence electrons. The highest BCUT2D eigenvalue weighted by Gasteiger charge is 2.18. The largest absolute Gasteiger partial charge is 0.370 e. The van der Waals surface area contributed by atoms with Crippen LogP contribution in [0.5, 0.6) is 0 Å². The summed E-state index contributed by atoms with van der Waals surface area (Å²) in [5, 5.41) is 8.56. The molecule has 2 aromatic heterocycles. The maximum absolute atomic E-state index is 12.5. The van der Waals surface area contributed by atoms with Crippen molar-refractivity contribution in [3.8, 4) is 0 Å². The van der Waals surface area contributed by atoms with E-state index in [0.717, 1.165) is 48.6 Å². The number of nitrogens with zero attached hydrogens (tertiary/aromatic N) is 6. The Kier molecular flexibility index (Phi) is 5.11. The van der Waals surface area contributed by atoms with E-state index in [1.165, 1.54) is 4.68 Å². The van der Waals surface area contributed by atoms with Crippen LogP contribution in [0.1, 0.15) is 29.8 Å². The lowest BCUT2D eigenvalue weighted by atomic mass is 10.2. The fraction of sp³-hybridized carbons (Fsp3) is 0.556. The molecule has 0 radical (unpaired) electrons. The van der Waals surface area contributed by atoms with Crippen LogP contribution in [0, 0.1) is 13.8 Å². The maximum atomic E-state index is 12.5. The third-order valence-electron chi connectivity index (χ3n) is 5.09. The van der Waals surface area contributed by atoms with E-state index < -0.39 is 0 Å². The molecule has 1 aliphatic rings. The van der Waals surface area contributed by atoms with Crippen molar-refractivity contribution in [2.75, 3.05) is 25.0 Å². The number of rotatable bonds is 5. The molecule has 0 unspecified atom stereocenters. The number of anilines is 1. The van der Waals surface area contributed by atoms with E-state index in [9.17, 15) is 9.59 Å². The minimum Gasteiger partial charge on any atom is -0.370 e. The number of aryl methyl sites for hydroxylation is 2.